The first-order valence-corrected chi connectivity index (χ1v) is 8.14. The Balaban J connectivity index is 2.33. The molecule has 3 N–H and O–H groups in total. The smallest absolute Gasteiger partial charge is 0.254 e. The first-order valence-electron chi connectivity index (χ1n) is 7.76. The monoisotopic (exact) mass is 334 g/mol. The van der Waals surface area contributed by atoms with Gasteiger partial charge < -0.3 is 11.1 Å². The lowest BCUT2D eigenvalue weighted by Gasteiger charge is -2.14. The highest BCUT2D eigenvalue weighted by Crippen LogP contribution is 2.24. The maximum atomic E-state index is 12.5. The summed E-state index contributed by atoms with van der Waals surface area (Å²) in [7, 11) is 0. The molecule has 5 nitrogen and oxygen atoms in total. The lowest BCUT2D eigenvalue weighted by Crippen LogP contribution is -2.31. The van der Waals surface area contributed by atoms with E-state index in [9.17, 15) is 4.79 Å². The number of carbonyl (C=O) groups is 1. The third-order valence-corrected chi connectivity index (χ3v) is 3.90. The summed E-state index contributed by atoms with van der Waals surface area (Å²) < 4.78 is 1.78. The largest absolute Gasteiger partial charge is 0.352 e. The van der Waals surface area contributed by atoms with Crippen molar-refractivity contribution in [2.45, 2.75) is 26.7 Å². The topological polar surface area (TPSA) is 72.9 Å². The fourth-order valence-corrected chi connectivity index (χ4v) is 2.53. The third kappa shape index (κ3) is 4.12. The molecule has 0 aliphatic rings. The zero-order valence-electron chi connectivity index (χ0n) is 13.7. The molecule has 0 saturated heterocycles. The van der Waals surface area contributed by atoms with Crippen LogP contribution in [-0.2, 0) is 0 Å². The average Bonchev–Trinajstić information content (AvgIpc) is 2.97. The van der Waals surface area contributed by atoms with Crippen molar-refractivity contribution in [2.24, 2.45) is 11.7 Å². The van der Waals surface area contributed by atoms with Gasteiger partial charge in [0.15, 0.2) is 0 Å². The molecule has 0 aliphatic heterocycles. The zero-order valence-corrected chi connectivity index (χ0v) is 14.5. The summed E-state index contributed by atoms with van der Waals surface area (Å²) >= 11 is 6.06. The second-order valence-corrected chi connectivity index (χ2v) is 6.48. The summed E-state index contributed by atoms with van der Waals surface area (Å²) in [6.07, 6.45) is 1.61. The predicted octanol–water partition coefficient (Wildman–Crippen LogP) is 2.97. The maximum absolute atomic E-state index is 12.5. The van der Waals surface area contributed by atoms with Crippen molar-refractivity contribution in [3.63, 3.8) is 0 Å². The summed E-state index contributed by atoms with van der Waals surface area (Å²) in [5.74, 6) is 0.260. The number of rotatable bonds is 6. The number of aromatic nitrogens is 2. The Kier molecular flexibility index (Phi) is 5.80. The van der Waals surface area contributed by atoms with Crippen molar-refractivity contribution in [1.29, 1.82) is 0 Å². The molecular weight excluding hydrogens is 312 g/mol. The number of nitrogens with zero attached hydrogens (tertiary/aromatic N) is 2. The second kappa shape index (κ2) is 7.62. The third-order valence-electron chi connectivity index (χ3n) is 3.66. The second-order valence-electron chi connectivity index (χ2n) is 6.04. The molecule has 124 valence electrons. The molecule has 1 amide bonds. The van der Waals surface area contributed by atoms with Gasteiger partial charge in [0.1, 0.15) is 0 Å². The standard InChI is InChI=1S/C17H23ClN4O/c1-11(2)16-15(17(23)20-9-12(3)8-19)10-21-22(16)14-6-4-5-13(18)7-14/h4-7,10-12H,8-9,19H2,1-3H3,(H,20,23). The molecule has 0 radical (unpaired) electrons. The highest BCUT2D eigenvalue weighted by Gasteiger charge is 2.21. The van der Waals surface area contributed by atoms with Crippen molar-refractivity contribution in [3.05, 3.63) is 46.7 Å². The van der Waals surface area contributed by atoms with Gasteiger partial charge in [0.25, 0.3) is 5.91 Å². The molecule has 23 heavy (non-hydrogen) atoms. The summed E-state index contributed by atoms with van der Waals surface area (Å²) in [4.78, 5) is 12.5. The Morgan fingerprint density at radius 2 is 2.13 bits per heavy atom. The number of carbonyl (C=O) groups excluding carboxylic acids is 1. The summed E-state index contributed by atoms with van der Waals surface area (Å²) in [6.45, 7) is 7.17. The van der Waals surface area contributed by atoms with Crippen LogP contribution in [0.5, 0.6) is 0 Å². The molecule has 6 heteroatoms. The fraction of sp³-hybridized carbons (Fsp3) is 0.412. The molecule has 1 unspecified atom stereocenters. The molecule has 2 aromatic rings. The Bertz CT molecular complexity index is 681. The van der Waals surface area contributed by atoms with Crippen LogP contribution in [0.4, 0.5) is 0 Å². The highest BCUT2D eigenvalue weighted by atomic mass is 35.5. The Morgan fingerprint density at radius 3 is 2.74 bits per heavy atom. The fourth-order valence-electron chi connectivity index (χ4n) is 2.35. The van der Waals surface area contributed by atoms with Gasteiger partial charge in [-0.15, -0.1) is 0 Å². The Hall–Kier alpha value is -1.85. The number of nitrogens with two attached hydrogens (primary N) is 1. The van der Waals surface area contributed by atoms with Crippen LogP contribution in [-0.4, -0.2) is 28.8 Å². The van der Waals surface area contributed by atoms with E-state index in [1.807, 2.05) is 45.0 Å². The molecule has 0 aliphatic carbocycles. The average molecular weight is 335 g/mol. The van der Waals surface area contributed by atoms with Crippen LogP contribution < -0.4 is 11.1 Å². The number of benzene rings is 1. The van der Waals surface area contributed by atoms with E-state index in [4.69, 9.17) is 17.3 Å². The van der Waals surface area contributed by atoms with E-state index in [2.05, 4.69) is 10.4 Å². The lowest BCUT2D eigenvalue weighted by molar-refractivity contribution is 0.0947. The van der Waals surface area contributed by atoms with Gasteiger partial charge in [0.2, 0.25) is 0 Å². The zero-order chi connectivity index (χ0) is 17.0. The van der Waals surface area contributed by atoms with Crippen LogP contribution >= 0.6 is 11.6 Å². The minimum atomic E-state index is -0.123. The molecule has 0 spiro atoms. The van der Waals surface area contributed by atoms with Crippen molar-refractivity contribution in [3.8, 4) is 5.69 Å². The molecule has 1 aromatic heterocycles. The SMILES string of the molecule is CC(CN)CNC(=O)c1cnn(-c2cccc(Cl)c2)c1C(C)C. The first-order chi connectivity index (χ1) is 10.9. The van der Waals surface area contributed by atoms with Crippen molar-refractivity contribution >= 4 is 17.5 Å². The number of hydrogen-bond acceptors (Lipinski definition) is 3. The van der Waals surface area contributed by atoms with Crippen LogP contribution in [0.15, 0.2) is 30.5 Å². The van der Waals surface area contributed by atoms with Gasteiger partial charge in [-0.25, -0.2) is 4.68 Å². The Labute approximate surface area is 141 Å². The van der Waals surface area contributed by atoms with Gasteiger partial charge in [0.05, 0.1) is 23.1 Å². The van der Waals surface area contributed by atoms with Crippen molar-refractivity contribution in [2.75, 3.05) is 13.1 Å². The van der Waals surface area contributed by atoms with Gasteiger partial charge >= 0.3 is 0 Å². The molecule has 2 rings (SSSR count). The molecular formula is C17H23ClN4O. The molecule has 1 atom stereocenters. The van der Waals surface area contributed by atoms with Gasteiger partial charge in [-0.05, 0) is 36.6 Å². The van der Waals surface area contributed by atoms with Gasteiger partial charge in [-0.2, -0.15) is 5.10 Å². The number of nitrogens with one attached hydrogen (secondary N) is 1. The van der Waals surface area contributed by atoms with E-state index < -0.39 is 0 Å². The minimum absolute atomic E-state index is 0.123. The maximum Gasteiger partial charge on any atom is 0.254 e. The Morgan fingerprint density at radius 1 is 1.39 bits per heavy atom. The van der Waals surface area contributed by atoms with Crippen LogP contribution in [0.2, 0.25) is 5.02 Å². The summed E-state index contributed by atoms with van der Waals surface area (Å²) in [5.41, 5.74) is 7.89. The van der Waals surface area contributed by atoms with Gasteiger partial charge in [-0.3, -0.25) is 4.79 Å². The molecule has 1 heterocycles. The highest BCUT2D eigenvalue weighted by molar-refractivity contribution is 6.30. The normalized spacial score (nSPS) is 12.4. The van der Waals surface area contributed by atoms with Gasteiger partial charge in [0, 0.05) is 11.6 Å². The quantitative estimate of drug-likeness (QED) is 0.853. The minimum Gasteiger partial charge on any atom is -0.352 e. The molecule has 0 bridgehead atoms. The van der Waals surface area contributed by atoms with E-state index in [0.29, 0.717) is 23.7 Å². The van der Waals surface area contributed by atoms with E-state index in [0.717, 1.165) is 11.4 Å². The molecule has 1 aromatic carbocycles. The first kappa shape index (κ1) is 17.5. The molecule has 0 fully saturated rings. The van der Waals surface area contributed by atoms with E-state index in [1.54, 1.807) is 10.9 Å². The van der Waals surface area contributed by atoms with Crippen LogP contribution in [0, 0.1) is 5.92 Å². The van der Waals surface area contributed by atoms with Crippen LogP contribution in [0.1, 0.15) is 42.7 Å². The van der Waals surface area contributed by atoms with Crippen molar-refractivity contribution in [1.82, 2.24) is 15.1 Å². The number of amides is 1. The van der Waals surface area contributed by atoms with E-state index in [1.165, 1.54) is 0 Å². The predicted molar refractivity (Wildman–Crippen MR) is 93.2 cm³/mol. The van der Waals surface area contributed by atoms with E-state index in [-0.39, 0.29) is 17.7 Å². The summed E-state index contributed by atoms with van der Waals surface area (Å²) in [5, 5.41) is 7.95. The lowest BCUT2D eigenvalue weighted by atomic mass is 10.0. The molecule has 0 saturated carbocycles. The van der Waals surface area contributed by atoms with Crippen molar-refractivity contribution < 1.29 is 4.79 Å². The van der Waals surface area contributed by atoms with Crippen LogP contribution in [0.25, 0.3) is 5.69 Å². The number of halogens is 1. The van der Waals surface area contributed by atoms with Gasteiger partial charge in [-0.1, -0.05) is 38.4 Å². The van der Waals surface area contributed by atoms with E-state index >= 15 is 0 Å². The summed E-state index contributed by atoms with van der Waals surface area (Å²) in [6, 6.07) is 7.43. The van der Waals surface area contributed by atoms with Crippen LogP contribution in [0.3, 0.4) is 0 Å². The number of hydrogen-bond donors (Lipinski definition) is 2.